The number of esters is 2. The van der Waals surface area contributed by atoms with Crippen LogP contribution in [0.1, 0.15) is 19.4 Å². The summed E-state index contributed by atoms with van der Waals surface area (Å²) in [5, 5.41) is 2.06. The van der Waals surface area contributed by atoms with Crippen molar-refractivity contribution < 1.29 is 29.1 Å². The Morgan fingerprint density at radius 2 is 1.77 bits per heavy atom. The maximum absolute atomic E-state index is 11.3. The third-order valence-corrected chi connectivity index (χ3v) is 3.71. The van der Waals surface area contributed by atoms with Crippen LogP contribution in [0.5, 0.6) is 5.75 Å². The summed E-state index contributed by atoms with van der Waals surface area (Å²) in [5.41, 5.74) is 1.11. The molecule has 2 rings (SSSR count). The summed E-state index contributed by atoms with van der Waals surface area (Å²) in [5.74, 6) is 0.0753. The first-order valence-corrected chi connectivity index (χ1v) is 7.30. The second kappa shape index (κ2) is 7.26. The highest BCUT2D eigenvalue weighted by Crippen LogP contribution is 2.17. The fourth-order valence-electron chi connectivity index (χ4n) is 2.77. The highest BCUT2D eigenvalue weighted by molar-refractivity contribution is 5.67. The first kappa shape index (κ1) is 16.3. The molecule has 0 amide bonds. The average molecular weight is 308 g/mol. The molecule has 2 N–H and O–H groups in total. The molecule has 120 valence electrons. The predicted octanol–water partition coefficient (Wildman–Crippen LogP) is 0.0467. The number of rotatable bonds is 5. The number of benzene rings is 1. The van der Waals surface area contributed by atoms with Gasteiger partial charge in [-0.25, -0.2) is 0 Å². The largest absolute Gasteiger partial charge is 0.497 e. The van der Waals surface area contributed by atoms with Gasteiger partial charge < -0.3 is 19.5 Å². The van der Waals surface area contributed by atoms with E-state index < -0.39 is 12.2 Å². The van der Waals surface area contributed by atoms with Crippen LogP contribution in [0.3, 0.4) is 0 Å². The standard InChI is InChI=1S/C16H21NO5/c1-10(18)21-15-9-17-14(16(15)22-11(2)19)8-12-4-6-13(20-3)7-5-12/h4-7,14-17H,8-9H2,1-3H3/p+1/t14-,15+,16+/m1/s1. The van der Waals surface area contributed by atoms with Gasteiger partial charge in [-0.05, 0) is 17.7 Å². The quantitative estimate of drug-likeness (QED) is 0.778. The van der Waals surface area contributed by atoms with E-state index in [1.54, 1.807) is 7.11 Å². The van der Waals surface area contributed by atoms with Crippen LogP contribution in [-0.2, 0) is 25.5 Å². The second-order valence-corrected chi connectivity index (χ2v) is 5.41. The monoisotopic (exact) mass is 308 g/mol. The van der Waals surface area contributed by atoms with E-state index in [2.05, 4.69) is 5.32 Å². The van der Waals surface area contributed by atoms with Gasteiger partial charge in [0.2, 0.25) is 0 Å². The molecule has 1 aromatic rings. The maximum Gasteiger partial charge on any atom is 0.303 e. The van der Waals surface area contributed by atoms with E-state index in [-0.39, 0.29) is 18.0 Å². The van der Waals surface area contributed by atoms with Gasteiger partial charge in [-0.1, -0.05) is 12.1 Å². The summed E-state index contributed by atoms with van der Waals surface area (Å²) in [7, 11) is 1.63. The van der Waals surface area contributed by atoms with Gasteiger partial charge in [0.1, 0.15) is 18.3 Å². The molecule has 1 aliphatic heterocycles. The number of hydrogen-bond acceptors (Lipinski definition) is 5. The third-order valence-electron chi connectivity index (χ3n) is 3.71. The first-order chi connectivity index (χ1) is 10.5. The molecule has 3 atom stereocenters. The lowest BCUT2D eigenvalue weighted by molar-refractivity contribution is -0.674. The normalized spacial score (nSPS) is 23.9. The molecule has 0 bridgehead atoms. The van der Waals surface area contributed by atoms with E-state index in [4.69, 9.17) is 14.2 Å². The van der Waals surface area contributed by atoms with Crippen molar-refractivity contribution in [3.05, 3.63) is 29.8 Å². The predicted molar refractivity (Wildman–Crippen MR) is 78.4 cm³/mol. The molecular formula is C16H22NO5+. The van der Waals surface area contributed by atoms with Gasteiger partial charge in [0.25, 0.3) is 0 Å². The molecule has 22 heavy (non-hydrogen) atoms. The molecule has 0 radical (unpaired) electrons. The molecule has 6 nitrogen and oxygen atoms in total. The number of methoxy groups -OCH3 is 1. The van der Waals surface area contributed by atoms with Crippen LogP contribution in [0.15, 0.2) is 24.3 Å². The molecule has 6 heteroatoms. The lowest BCUT2D eigenvalue weighted by atomic mass is 10.0. The molecule has 1 aliphatic rings. The number of ether oxygens (including phenoxy) is 3. The van der Waals surface area contributed by atoms with E-state index in [9.17, 15) is 9.59 Å². The van der Waals surface area contributed by atoms with Crippen LogP contribution in [0.4, 0.5) is 0 Å². The van der Waals surface area contributed by atoms with E-state index in [1.807, 2.05) is 24.3 Å². The highest BCUT2D eigenvalue weighted by Gasteiger charge is 2.44. The molecule has 1 aromatic carbocycles. The Bertz CT molecular complexity index is 528. The number of hydrogen-bond donors (Lipinski definition) is 1. The molecule has 1 saturated heterocycles. The highest BCUT2D eigenvalue weighted by atomic mass is 16.6. The zero-order valence-electron chi connectivity index (χ0n) is 13.1. The fraction of sp³-hybridized carbons (Fsp3) is 0.500. The van der Waals surface area contributed by atoms with Crippen molar-refractivity contribution in [2.24, 2.45) is 0 Å². The van der Waals surface area contributed by atoms with E-state index in [1.165, 1.54) is 13.8 Å². The van der Waals surface area contributed by atoms with Crippen molar-refractivity contribution in [1.29, 1.82) is 0 Å². The number of quaternary nitrogens is 1. The van der Waals surface area contributed by atoms with Crippen LogP contribution in [0.2, 0.25) is 0 Å². The summed E-state index contributed by atoms with van der Waals surface area (Å²) in [6, 6.07) is 7.79. The van der Waals surface area contributed by atoms with Gasteiger partial charge in [0, 0.05) is 20.3 Å². The number of nitrogens with two attached hydrogens (primary N) is 1. The summed E-state index contributed by atoms with van der Waals surface area (Å²) in [6.07, 6.45) is -0.104. The van der Waals surface area contributed by atoms with Crippen LogP contribution in [-0.4, -0.2) is 43.8 Å². The van der Waals surface area contributed by atoms with Crippen LogP contribution >= 0.6 is 0 Å². The Morgan fingerprint density at radius 1 is 1.14 bits per heavy atom. The lowest BCUT2D eigenvalue weighted by Crippen LogP contribution is -2.88. The molecule has 0 unspecified atom stereocenters. The summed E-state index contributed by atoms with van der Waals surface area (Å²) < 4.78 is 15.8. The minimum absolute atomic E-state index is 0.0293. The Labute approximate surface area is 129 Å². The summed E-state index contributed by atoms with van der Waals surface area (Å²) in [4.78, 5) is 22.5. The smallest absolute Gasteiger partial charge is 0.303 e. The van der Waals surface area contributed by atoms with Crippen LogP contribution < -0.4 is 10.1 Å². The molecule has 1 fully saturated rings. The fourth-order valence-corrected chi connectivity index (χ4v) is 2.77. The van der Waals surface area contributed by atoms with E-state index >= 15 is 0 Å². The zero-order chi connectivity index (χ0) is 16.1. The summed E-state index contributed by atoms with van der Waals surface area (Å²) in [6.45, 7) is 3.33. The SMILES string of the molecule is COc1ccc(C[C@H]2[NH2+]C[C@H](OC(C)=O)[C@H]2OC(C)=O)cc1. The first-order valence-electron chi connectivity index (χ1n) is 7.30. The van der Waals surface area contributed by atoms with Gasteiger partial charge in [0.15, 0.2) is 12.2 Å². The van der Waals surface area contributed by atoms with Gasteiger partial charge in [-0.2, -0.15) is 0 Å². The van der Waals surface area contributed by atoms with Crippen molar-refractivity contribution in [3.63, 3.8) is 0 Å². The average Bonchev–Trinajstić information content (AvgIpc) is 2.81. The van der Waals surface area contributed by atoms with E-state index in [0.29, 0.717) is 6.54 Å². The van der Waals surface area contributed by atoms with Gasteiger partial charge in [-0.3, -0.25) is 9.59 Å². The minimum Gasteiger partial charge on any atom is -0.497 e. The molecular weight excluding hydrogens is 286 g/mol. The van der Waals surface area contributed by atoms with Gasteiger partial charge in [0.05, 0.1) is 7.11 Å². The van der Waals surface area contributed by atoms with E-state index in [0.717, 1.165) is 17.7 Å². The topological polar surface area (TPSA) is 78.4 Å². The van der Waals surface area contributed by atoms with Crippen molar-refractivity contribution in [1.82, 2.24) is 0 Å². The zero-order valence-corrected chi connectivity index (χ0v) is 13.1. The third kappa shape index (κ3) is 4.21. The lowest BCUT2D eigenvalue weighted by Gasteiger charge is -2.20. The number of carbonyl (C=O) groups excluding carboxylic acids is 2. The molecule has 0 aliphatic carbocycles. The minimum atomic E-state index is -0.427. The van der Waals surface area contributed by atoms with Crippen LogP contribution in [0.25, 0.3) is 0 Å². The number of carbonyl (C=O) groups is 2. The Hall–Kier alpha value is -2.08. The van der Waals surface area contributed by atoms with Crippen molar-refractivity contribution in [2.75, 3.05) is 13.7 Å². The molecule has 0 aromatic heterocycles. The second-order valence-electron chi connectivity index (χ2n) is 5.41. The van der Waals surface area contributed by atoms with Crippen LogP contribution in [0, 0.1) is 0 Å². The van der Waals surface area contributed by atoms with Gasteiger partial charge in [-0.15, -0.1) is 0 Å². The molecule has 0 saturated carbocycles. The maximum atomic E-state index is 11.3. The van der Waals surface area contributed by atoms with Crippen molar-refractivity contribution >= 4 is 11.9 Å². The van der Waals surface area contributed by atoms with Crippen molar-refractivity contribution in [2.45, 2.75) is 38.5 Å². The van der Waals surface area contributed by atoms with Crippen molar-refractivity contribution in [3.8, 4) is 5.75 Å². The molecule has 1 heterocycles. The van der Waals surface area contributed by atoms with Gasteiger partial charge >= 0.3 is 11.9 Å². The Balaban J connectivity index is 2.06. The summed E-state index contributed by atoms with van der Waals surface area (Å²) >= 11 is 0. The molecule has 0 spiro atoms. The Morgan fingerprint density at radius 3 is 2.32 bits per heavy atom. The Kier molecular flexibility index (Phi) is 5.38.